The van der Waals surface area contributed by atoms with Crippen LogP contribution in [0.4, 0.5) is 0 Å². The SMILES string of the molecule is CC1=C[C@H]2C(=O)[C@](C)(O)[C@@H]1[C@@H]1[C@]2(C)C=CC(=O)[C@@]1(C)O. The molecule has 0 heterocycles. The quantitative estimate of drug-likeness (QED) is 0.648. The molecule has 4 nitrogen and oxygen atoms in total. The van der Waals surface area contributed by atoms with Crippen LogP contribution in [-0.4, -0.2) is 33.0 Å². The van der Waals surface area contributed by atoms with Crippen molar-refractivity contribution in [2.24, 2.45) is 23.2 Å². The summed E-state index contributed by atoms with van der Waals surface area (Å²) in [6.07, 6.45) is 5.01. The van der Waals surface area contributed by atoms with Crippen molar-refractivity contribution < 1.29 is 19.8 Å². The zero-order chi connectivity index (χ0) is 15.1. The Morgan fingerprint density at radius 3 is 2.30 bits per heavy atom. The lowest BCUT2D eigenvalue weighted by Gasteiger charge is -2.61. The van der Waals surface area contributed by atoms with Crippen molar-refractivity contribution >= 4 is 11.6 Å². The fraction of sp³-hybridized carbons (Fsp3) is 0.625. The Morgan fingerprint density at radius 1 is 1.10 bits per heavy atom. The van der Waals surface area contributed by atoms with E-state index in [0.717, 1.165) is 5.57 Å². The molecule has 4 heteroatoms. The Morgan fingerprint density at radius 2 is 1.70 bits per heavy atom. The molecule has 4 aliphatic rings. The van der Waals surface area contributed by atoms with Crippen molar-refractivity contribution in [3.05, 3.63) is 23.8 Å². The van der Waals surface area contributed by atoms with Crippen LogP contribution in [0.15, 0.2) is 23.8 Å². The maximum absolute atomic E-state index is 12.5. The molecule has 6 atom stereocenters. The van der Waals surface area contributed by atoms with Crippen LogP contribution >= 0.6 is 0 Å². The topological polar surface area (TPSA) is 74.6 Å². The van der Waals surface area contributed by atoms with Crippen molar-refractivity contribution in [3.63, 3.8) is 0 Å². The predicted molar refractivity (Wildman–Crippen MR) is 72.7 cm³/mol. The van der Waals surface area contributed by atoms with Gasteiger partial charge in [0.25, 0.3) is 0 Å². The molecule has 20 heavy (non-hydrogen) atoms. The Balaban J connectivity index is 2.30. The molecule has 0 aromatic carbocycles. The summed E-state index contributed by atoms with van der Waals surface area (Å²) >= 11 is 0. The fourth-order valence-electron chi connectivity index (χ4n) is 4.67. The standard InChI is InChI=1S/C16H20O4/c1-8-7-9-13(18)16(4,20)11(8)12-14(9,2)6-5-10(17)15(12,3)19/h5-7,9,11-12,19-20H,1-4H3/t9-,11-,12+,14+,15+,16+/m0/s1. The molecule has 4 aliphatic carbocycles. The molecule has 0 spiro atoms. The highest BCUT2D eigenvalue weighted by molar-refractivity contribution is 6.01. The number of aliphatic hydroxyl groups is 2. The molecule has 0 aromatic rings. The first-order valence-corrected chi connectivity index (χ1v) is 6.95. The normalized spacial score (nSPS) is 53.9. The number of hydrogen-bond donors (Lipinski definition) is 2. The van der Waals surface area contributed by atoms with Gasteiger partial charge in [0.1, 0.15) is 11.2 Å². The molecular weight excluding hydrogens is 256 g/mol. The number of allylic oxidation sites excluding steroid dienone is 2. The zero-order valence-corrected chi connectivity index (χ0v) is 12.2. The van der Waals surface area contributed by atoms with E-state index in [-0.39, 0.29) is 11.6 Å². The van der Waals surface area contributed by atoms with Crippen molar-refractivity contribution in [1.82, 2.24) is 0 Å². The summed E-state index contributed by atoms with van der Waals surface area (Å²) in [5.41, 5.74) is -2.83. The Bertz CT molecular complexity index is 581. The van der Waals surface area contributed by atoms with E-state index in [9.17, 15) is 19.8 Å². The minimum Gasteiger partial charge on any atom is -0.382 e. The van der Waals surface area contributed by atoms with Gasteiger partial charge in [-0.1, -0.05) is 24.6 Å². The lowest BCUT2D eigenvalue weighted by Crippen LogP contribution is -2.70. The van der Waals surface area contributed by atoms with Crippen LogP contribution < -0.4 is 0 Å². The van der Waals surface area contributed by atoms with Crippen LogP contribution in [0.1, 0.15) is 27.7 Å². The third-order valence-corrected chi connectivity index (χ3v) is 5.68. The van der Waals surface area contributed by atoms with Crippen molar-refractivity contribution in [1.29, 1.82) is 0 Å². The van der Waals surface area contributed by atoms with Crippen LogP contribution in [0.3, 0.4) is 0 Å². The van der Waals surface area contributed by atoms with Gasteiger partial charge < -0.3 is 10.2 Å². The van der Waals surface area contributed by atoms with Gasteiger partial charge in [-0.3, -0.25) is 9.59 Å². The monoisotopic (exact) mass is 276 g/mol. The number of carbonyl (C=O) groups is 2. The van der Waals surface area contributed by atoms with E-state index >= 15 is 0 Å². The van der Waals surface area contributed by atoms with Crippen LogP contribution in [-0.2, 0) is 9.59 Å². The molecule has 1 fully saturated rings. The smallest absolute Gasteiger partial charge is 0.186 e. The fourth-order valence-corrected chi connectivity index (χ4v) is 4.67. The van der Waals surface area contributed by atoms with E-state index in [4.69, 9.17) is 0 Å². The van der Waals surface area contributed by atoms with Crippen LogP contribution in [0.2, 0.25) is 0 Å². The van der Waals surface area contributed by atoms with Crippen LogP contribution in [0.25, 0.3) is 0 Å². The average Bonchev–Trinajstić information content (AvgIpc) is 2.33. The summed E-state index contributed by atoms with van der Waals surface area (Å²) in [4.78, 5) is 24.6. The van der Waals surface area contributed by atoms with Gasteiger partial charge in [0.15, 0.2) is 11.6 Å². The highest BCUT2D eigenvalue weighted by atomic mass is 16.3. The van der Waals surface area contributed by atoms with E-state index in [1.54, 1.807) is 6.08 Å². The molecule has 0 radical (unpaired) electrons. The van der Waals surface area contributed by atoms with Gasteiger partial charge in [-0.05, 0) is 26.8 Å². The molecule has 2 N–H and O–H groups in total. The number of carbonyl (C=O) groups excluding carboxylic acids is 2. The van der Waals surface area contributed by atoms with Gasteiger partial charge >= 0.3 is 0 Å². The van der Waals surface area contributed by atoms with Gasteiger partial charge in [-0.15, -0.1) is 0 Å². The van der Waals surface area contributed by atoms with Gasteiger partial charge in [-0.25, -0.2) is 0 Å². The second kappa shape index (κ2) is 3.49. The average molecular weight is 276 g/mol. The Labute approximate surface area is 118 Å². The Hall–Kier alpha value is -1.26. The van der Waals surface area contributed by atoms with Crippen molar-refractivity contribution in [3.8, 4) is 0 Å². The summed E-state index contributed by atoms with van der Waals surface area (Å²) in [6.45, 7) is 6.75. The summed E-state index contributed by atoms with van der Waals surface area (Å²) in [5, 5.41) is 21.3. The molecule has 4 rings (SSSR count). The first-order chi connectivity index (χ1) is 9.04. The lowest BCUT2D eigenvalue weighted by molar-refractivity contribution is -0.189. The molecular formula is C16H20O4. The van der Waals surface area contributed by atoms with Gasteiger partial charge in [0.2, 0.25) is 0 Å². The number of Topliss-reactive ketones (excluding diaryl/α,β-unsaturated/α-hetero) is 1. The summed E-state index contributed by atoms with van der Waals surface area (Å²) in [5.74, 6) is -2.10. The third kappa shape index (κ3) is 1.29. The zero-order valence-electron chi connectivity index (χ0n) is 12.2. The van der Waals surface area contributed by atoms with E-state index < -0.39 is 34.4 Å². The Kier molecular flexibility index (Phi) is 2.39. The van der Waals surface area contributed by atoms with E-state index in [1.807, 2.05) is 19.9 Å². The number of hydrogen-bond acceptors (Lipinski definition) is 4. The minimum absolute atomic E-state index is 0.221. The molecule has 0 aromatic heterocycles. The van der Waals surface area contributed by atoms with Gasteiger partial charge in [0, 0.05) is 23.2 Å². The molecule has 0 saturated heterocycles. The summed E-state index contributed by atoms with van der Waals surface area (Å²) in [6, 6.07) is 0. The van der Waals surface area contributed by atoms with Crippen molar-refractivity contribution in [2.75, 3.05) is 0 Å². The number of rotatable bonds is 0. The molecule has 0 aliphatic heterocycles. The third-order valence-electron chi connectivity index (χ3n) is 5.68. The number of fused-ring (bicyclic) bond motifs is 1. The molecule has 0 amide bonds. The highest BCUT2D eigenvalue weighted by Crippen LogP contribution is 2.62. The lowest BCUT2D eigenvalue weighted by atomic mass is 9.42. The van der Waals surface area contributed by atoms with E-state index in [1.165, 1.54) is 19.9 Å². The molecule has 0 unspecified atom stereocenters. The maximum atomic E-state index is 12.5. The maximum Gasteiger partial charge on any atom is 0.186 e. The predicted octanol–water partition coefficient (Wildman–Crippen LogP) is 1.02. The van der Waals surface area contributed by atoms with Crippen molar-refractivity contribution in [2.45, 2.75) is 38.9 Å². The first-order valence-electron chi connectivity index (χ1n) is 6.95. The molecule has 108 valence electrons. The van der Waals surface area contributed by atoms with Gasteiger partial charge in [0.05, 0.1) is 0 Å². The summed E-state index contributed by atoms with van der Waals surface area (Å²) < 4.78 is 0. The summed E-state index contributed by atoms with van der Waals surface area (Å²) in [7, 11) is 0. The van der Waals surface area contributed by atoms with Gasteiger partial charge in [-0.2, -0.15) is 0 Å². The highest BCUT2D eigenvalue weighted by Gasteiger charge is 2.68. The second-order valence-corrected chi connectivity index (χ2v) is 7.07. The largest absolute Gasteiger partial charge is 0.382 e. The van der Waals surface area contributed by atoms with Crippen LogP contribution in [0, 0.1) is 23.2 Å². The number of ketones is 2. The molecule has 2 bridgehead atoms. The van der Waals surface area contributed by atoms with E-state index in [0.29, 0.717) is 0 Å². The second-order valence-electron chi connectivity index (χ2n) is 7.07. The first kappa shape index (κ1) is 13.7. The minimum atomic E-state index is -1.56. The van der Waals surface area contributed by atoms with Crippen LogP contribution in [0.5, 0.6) is 0 Å². The molecule has 1 saturated carbocycles. The van der Waals surface area contributed by atoms with E-state index in [2.05, 4.69) is 0 Å².